The van der Waals surface area contributed by atoms with E-state index in [-0.39, 0.29) is 12.3 Å². The second-order valence-electron chi connectivity index (χ2n) is 7.48. The highest BCUT2D eigenvalue weighted by molar-refractivity contribution is 6.39. The molecular formula is C24H21Cl2N3O. The van der Waals surface area contributed by atoms with Crippen LogP contribution in [-0.2, 0) is 17.6 Å². The largest absolute Gasteiger partial charge is 0.326 e. The highest BCUT2D eigenvalue weighted by atomic mass is 35.5. The van der Waals surface area contributed by atoms with Gasteiger partial charge in [-0.15, -0.1) is 0 Å². The summed E-state index contributed by atoms with van der Waals surface area (Å²) in [6.07, 6.45) is 4.34. The van der Waals surface area contributed by atoms with Crippen LogP contribution in [0.5, 0.6) is 0 Å². The molecule has 6 heteroatoms. The Hall–Kier alpha value is -2.87. The predicted molar refractivity (Wildman–Crippen MR) is 122 cm³/mol. The summed E-state index contributed by atoms with van der Waals surface area (Å²) in [5.74, 6) is 0.274. The Balaban J connectivity index is 1.84. The first-order chi connectivity index (χ1) is 14.4. The Labute approximate surface area is 186 Å². The quantitative estimate of drug-likeness (QED) is 0.491. The summed E-state index contributed by atoms with van der Waals surface area (Å²) < 4.78 is 0. The lowest BCUT2D eigenvalue weighted by molar-refractivity contribution is -0.115. The SMILES string of the molecule is CC(C)Cc1ccc(-c2c(Cl)cc(NC(=O)Cc3ccncc3)cc2Cl)cc1C#N. The number of benzene rings is 2. The predicted octanol–water partition coefficient (Wildman–Crippen LogP) is 6.31. The number of hydrogen-bond acceptors (Lipinski definition) is 3. The summed E-state index contributed by atoms with van der Waals surface area (Å²) >= 11 is 13.0. The third-order valence-corrected chi connectivity index (χ3v) is 5.18. The topological polar surface area (TPSA) is 65.8 Å². The lowest BCUT2D eigenvalue weighted by Gasteiger charge is -2.13. The molecule has 0 aliphatic heterocycles. The molecule has 1 amide bonds. The maximum Gasteiger partial charge on any atom is 0.228 e. The molecule has 0 spiro atoms. The molecule has 4 nitrogen and oxygen atoms in total. The maximum atomic E-state index is 12.3. The Kier molecular flexibility index (Phi) is 7.10. The standard InChI is InChI=1S/C24H21Cl2N3O/c1-15(2)9-17-3-4-18(11-19(17)14-27)24-21(25)12-20(13-22(24)26)29-23(30)10-16-5-7-28-8-6-16/h3-8,11-13,15H,9-10H2,1-2H3,(H,29,30). The minimum Gasteiger partial charge on any atom is -0.326 e. The lowest BCUT2D eigenvalue weighted by Crippen LogP contribution is -2.14. The van der Waals surface area contributed by atoms with E-state index in [4.69, 9.17) is 23.2 Å². The van der Waals surface area contributed by atoms with Gasteiger partial charge < -0.3 is 5.32 Å². The number of nitrogens with zero attached hydrogens (tertiary/aromatic N) is 2. The molecule has 0 saturated carbocycles. The Bertz CT molecular complexity index is 1080. The molecule has 0 fully saturated rings. The molecule has 0 aliphatic rings. The van der Waals surface area contributed by atoms with Crippen LogP contribution in [0.2, 0.25) is 10.0 Å². The number of pyridine rings is 1. The maximum absolute atomic E-state index is 12.3. The van der Waals surface area contributed by atoms with Crippen molar-refractivity contribution in [1.29, 1.82) is 5.26 Å². The van der Waals surface area contributed by atoms with Crippen LogP contribution in [0, 0.1) is 17.2 Å². The van der Waals surface area contributed by atoms with Gasteiger partial charge in [0.15, 0.2) is 0 Å². The van der Waals surface area contributed by atoms with Crippen molar-refractivity contribution in [3.8, 4) is 17.2 Å². The van der Waals surface area contributed by atoms with Crippen LogP contribution < -0.4 is 5.32 Å². The molecule has 1 heterocycles. The van der Waals surface area contributed by atoms with E-state index in [2.05, 4.69) is 30.2 Å². The molecule has 0 unspecified atom stereocenters. The zero-order chi connectivity index (χ0) is 21.7. The molecule has 30 heavy (non-hydrogen) atoms. The van der Waals surface area contributed by atoms with Crippen LogP contribution in [0.15, 0.2) is 54.9 Å². The summed E-state index contributed by atoms with van der Waals surface area (Å²) in [6, 6.07) is 14.9. The van der Waals surface area contributed by atoms with Gasteiger partial charge in [-0.05, 0) is 59.4 Å². The van der Waals surface area contributed by atoms with Gasteiger partial charge in [-0.3, -0.25) is 9.78 Å². The van der Waals surface area contributed by atoms with E-state index in [9.17, 15) is 10.1 Å². The molecule has 2 aromatic carbocycles. The second-order valence-corrected chi connectivity index (χ2v) is 8.29. The van der Waals surface area contributed by atoms with E-state index in [1.807, 2.05) is 18.2 Å². The second kappa shape index (κ2) is 9.75. The number of hydrogen-bond donors (Lipinski definition) is 1. The minimum atomic E-state index is -0.175. The summed E-state index contributed by atoms with van der Waals surface area (Å²) in [5.41, 5.74) is 4.40. The van der Waals surface area contributed by atoms with Crippen molar-refractivity contribution in [3.05, 3.63) is 81.6 Å². The Morgan fingerprint density at radius 1 is 1.10 bits per heavy atom. The third kappa shape index (κ3) is 5.38. The van der Waals surface area contributed by atoms with Crippen molar-refractivity contribution in [3.63, 3.8) is 0 Å². The van der Waals surface area contributed by atoms with Gasteiger partial charge in [0, 0.05) is 23.6 Å². The fourth-order valence-electron chi connectivity index (χ4n) is 3.27. The van der Waals surface area contributed by atoms with Crippen LogP contribution in [-0.4, -0.2) is 10.9 Å². The first kappa shape index (κ1) is 21.8. The van der Waals surface area contributed by atoms with Crippen LogP contribution >= 0.6 is 23.2 Å². The third-order valence-electron chi connectivity index (χ3n) is 4.59. The number of halogens is 2. The van der Waals surface area contributed by atoms with Gasteiger partial charge in [-0.1, -0.05) is 49.2 Å². The van der Waals surface area contributed by atoms with Crippen LogP contribution in [0.1, 0.15) is 30.5 Å². The van der Waals surface area contributed by atoms with Gasteiger partial charge >= 0.3 is 0 Å². The van der Waals surface area contributed by atoms with Gasteiger partial charge in [-0.2, -0.15) is 5.26 Å². The average Bonchev–Trinajstić information content (AvgIpc) is 2.68. The molecule has 1 N–H and O–H groups in total. The molecule has 152 valence electrons. The van der Waals surface area contributed by atoms with E-state index in [0.717, 1.165) is 23.1 Å². The molecular weight excluding hydrogens is 417 g/mol. The smallest absolute Gasteiger partial charge is 0.228 e. The summed E-state index contributed by atoms with van der Waals surface area (Å²) in [5, 5.41) is 13.2. The van der Waals surface area contributed by atoms with Crippen molar-refractivity contribution in [2.45, 2.75) is 26.7 Å². The van der Waals surface area contributed by atoms with Gasteiger partial charge in [0.1, 0.15) is 0 Å². The molecule has 3 rings (SSSR count). The van der Waals surface area contributed by atoms with Crippen LogP contribution in [0.3, 0.4) is 0 Å². The number of nitriles is 1. The highest BCUT2D eigenvalue weighted by Gasteiger charge is 2.15. The van der Waals surface area contributed by atoms with Gasteiger partial charge in [0.05, 0.1) is 28.1 Å². The number of nitrogens with one attached hydrogen (secondary N) is 1. The zero-order valence-electron chi connectivity index (χ0n) is 16.7. The van der Waals surface area contributed by atoms with E-state index in [1.54, 1.807) is 36.7 Å². The van der Waals surface area contributed by atoms with Crippen LogP contribution in [0.4, 0.5) is 5.69 Å². The Morgan fingerprint density at radius 3 is 2.37 bits per heavy atom. The average molecular weight is 438 g/mol. The molecule has 0 radical (unpaired) electrons. The normalized spacial score (nSPS) is 10.7. The van der Waals surface area contributed by atoms with Gasteiger partial charge in [-0.25, -0.2) is 0 Å². The number of carbonyl (C=O) groups excluding carboxylic acids is 1. The lowest BCUT2D eigenvalue weighted by atomic mass is 9.94. The van der Waals surface area contributed by atoms with E-state index in [1.165, 1.54) is 0 Å². The number of carbonyl (C=O) groups is 1. The summed E-state index contributed by atoms with van der Waals surface area (Å²) in [6.45, 7) is 4.23. The molecule has 0 aliphatic carbocycles. The first-order valence-corrected chi connectivity index (χ1v) is 10.3. The molecule has 0 bridgehead atoms. The van der Waals surface area contributed by atoms with Crippen molar-refractivity contribution < 1.29 is 4.79 Å². The summed E-state index contributed by atoms with van der Waals surface area (Å²) in [4.78, 5) is 16.3. The fourth-order valence-corrected chi connectivity index (χ4v) is 3.97. The minimum absolute atomic E-state index is 0.175. The van der Waals surface area contributed by atoms with Gasteiger partial charge in [0.2, 0.25) is 5.91 Å². The van der Waals surface area contributed by atoms with Crippen molar-refractivity contribution >= 4 is 34.8 Å². The van der Waals surface area contributed by atoms with E-state index in [0.29, 0.717) is 32.8 Å². The van der Waals surface area contributed by atoms with Crippen molar-refractivity contribution in [1.82, 2.24) is 4.98 Å². The first-order valence-electron chi connectivity index (χ1n) is 9.58. The van der Waals surface area contributed by atoms with Crippen molar-refractivity contribution in [2.75, 3.05) is 5.32 Å². The molecule has 1 aromatic heterocycles. The monoisotopic (exact) mass is 437 g/mol. The highest BCUT2D eigenvalue weighted by Crippen LogP contribution is 2.38. The molecule has 0 atom stereocenters. The fraction of sp³-hybridized carbons (Fsp3) is 0.208. The molecule has 3 aromatic rings. The number of amides is 1. The van der Waals surface area contributed by atoms with E-state index < -0.39 is 0 Å². The Morgan fingerprint density at radius 2 is 1.77 bits per heavy atom. The van der Waals surface area contributed by atoms with Crippen molar-refractivity contribution in [2.24, 2.45) is 5.92 Å². The number of anilines is 1. The van der Waals surface area contributed by atoms with E-state index >= 15 is 0 Å². The van der Waals surface area contributed by atoms with Gasteiger partial charge in [0.25, 0.3) is 0 Å². The zero-order valence-corrected chi connectivity index (χ0v) is 18.3. The van der Waals surface area contributed by atoms with Crippen LogP contribution in [0.25, 0.3) is 11.1 Å². The molecule has 0 saturated heterocycles. The summed E-state index contributed by atoms with van der Waals surface area (Å²) in [7, 11) is 0. The number of rotatable bonds is 6. The number of aromatic nitrogens is 1.